The fourth-order valence-electron chi connectivity index (χ4n) is 4.20. The number of carbonyl (C=O) groups is 1. The minimum atomic E-state index is -3.55. The number of piperazine rings is 1. The Hall–Kier alpha value is -2.17. The van der Waals surface area contributed by atoms with Crippen molar-refractivity contribution in [2.45, 2.75) is 23.8 Å². The average molecular weight is 507 g/mol. The van der Waals surface area contributed by atoms with Crippen molar-refractivity contribution in [3.63, 3.8) is 0 Å². The summed E-state index contributed by atoms with van der Waals surface area (Å²) < 4.78 is 33.7. The van der Waals surface area contributed by atoms with Crippen LogP contribution in [0.4, 0.5) is 0 Å². The van der Waals surface area contributed by atoms with E-state index in [1.165, 1.54) is 4.31 Å². The Morgan fingerprint density at radius 3 is 2.44 bits per heavy atom. The number of benzene rings is 2. The molecule has 1 amide bonds. The second-order valence-corrected chi connectivity index (χ2v) is 10.9. The quantitative estimate of drug-likeness (QED) is 0.570. The number of hydrogen-bond donors (Lipinski definition) is 2. The van der Waals surface area contributed by atoms with Crippen LogP contribution >= 0.6 is 11.6 Å². The maximum absolute atomic E-state index is 13.1. The lowest BCUT2D eigenvalue weighted by molar-refractivity contribution is 0.0945. The molecule has 0 spiro atoms. The zero-order valence-corrected chi connectivity index (χ0v) is 20.7. The zero-order chi connectivity index (χ0) is 24.0. The van der Waals surface area contributed by atoms with Crippen LogP contribution in [0.3, 0.4) is 0 Å². The Morgan fingerprint density at radius 1 is 1.06 bits per heavy atom. The summed E-state index contributed by atoms with van der Waals surface area (Å²) in [6, 6.07) is 13.6. The van der Waals surface area contributed by atoms with Gasteiger partial charge in [-0.25, -0.2) is 8.42 Å². The van der Waals surface area contributed by atoms with Crippen LogP contribution in [0.15, 0.2) is 53.4 Å². The highest BCUT2D eigenvalue weighted by molar-refractivity contribution is 7.89. The van der Waals surface area contributed by atoms with E-state index in [-0.39, 0.29) is 16.9 Å². The number of nitrogens with zero attached hydrogens (tertiary/aromatic N) is 2. The van der Waals surface area contributed by atoms with Crippen molar-refractivity contribution in [2.75, 3.05) is 52.4 Å². The highest BCUT2D eigenvalue weighted by Gasteiger charge is 2.28. The predicted octanol–water partition coefficient (Wildman–Crippen LogP) is 2.21. The van der Waals surface area contributed by atoms with Crippen LogP contribution in [0.5, 0.6) is 5.75 Å². The first-order valence-corrected chi connectivity index (χ1v) is 13.5. The van der Waals surface area contributed by atoms with E-state index in [0.29, 0.717) is 55.6 Å². The second-order valence-electron chi connectivity index (χ2n) is 8.55. The van der Waals surface area contributed by atoms with Gasteiger partial charge >= 0.3 is 0 Å². The van der Waals surface area contributed by atoms with Crippen LogP contribution in [0.25, 0.3) is 0 Å². The molecule has 0 unspecified atom stereocenters. The maximum Gasteiger partial charge on any atom is 0.251 e. The molecule has 0 atom stereocenters. The highest BCUT2D eigenvalue weighted by Crippen LogP contribution is 2.22. The molecule has 2 heterocycles. The van der Waals surface area contributed by atoms with E-state index < -0.39 is 10.0 Å². The predicted molar refractivity (Wildman–Crippen MR) is 132 cm³/mol. The van der Waals surface area contributed by atoms with Crippen LogP contribution in [-0.4, -0.2) is 82.0 Å². The lowest BCUT2D eigenvalue weighted by atomic mass is 10.1. The van der Waals surface area contributed by atoms with Gasteiger partial charge in [-0.1, -0.05) is 17.7 Å². The van der Waals surface area contributed by atoms with Gasteiger partial charge in [0, 0.05) is 49.9 Å². The number of nitrogens with one attached hydrogen (secondary N) is 2. The van der Waals surface area contributed by atoms with Crippen molar-refractivity contribution in [3.8, 4) is 5.75 Å². The molecule has 0 radical (unpaired) electrons. The Balaban J connectivity index is 1.23. The van der Waals surface area contributed by atoms with Gasteiger partial charge in [0.1, 0.15) is 11.9 Å². The van der Waals surface area contributed by atoms with E-state index in [0.717, 1.165) is 25.9 Å². The Morgan fingerprint density at radius 2 is 1.76 bits per heavy atom. The molecule has 2 aromatic carbocycles. The standard InChI is InChI=1S/C24H31ClN4O4S/c25-20-3-1-2-19(18-20)24(30)27-12-13-28-14-16-29(17-15-28)34(31,32)23-6-4-21(5-7-23)33-22-8-10-26-11-9-22/h1-7,18,22,26H,8-17H2,(H,27,30). The third kappa shape index (κ3) is 6.49. The number of halogens is 1. The van der Waals surface area contributed by atoms with Crippen LogP contribution in [0.2, 0.25) is 5.02 Å². The Kier molecular flexibility index (Phi) is 8.44. The molecule has 0 saturated carbocycles. The van der Waals surface area contributed by atoms with Gasteiger partial charge in [-0.3, -0.25) is 9.69 Å². The molecule has 2 aliphatic heterocycles. The molecule has 2 fully saturated rings. The summed E-state index contributed by atoms with van der Waals surface area (Å²) in [5.74, 6) is 0.534. The summed E-state index contributed by atoms with van der Waals surface area (Å²) in [6.45, 7) is 5.08. The van der Waals surface area contributed by atoms with Crippen LogP contribution in [0.1, 0.15) is 23.2 Å². The van der Waals surface area contributed by atoms with Gasteiger partial charge < -0.3 is 15.4 Å². The molecule has 4 rings (SSSR count). The van der Waals surface area contributed by atoms with Gasteiger partial charge in [0.25, 0.3) is 5.91 Å². The summed E-state index contributed by atoms with van der Waals surface area (Å²) in [5.41, 5.74) is 0.524. The molecule has 8 nitrogen and oxygen atoms in total. The van der Waals surface area contributed by atoms with Crippen molar-refractivity contribution in [2.24, 2.45) is 0 Å². The third-order valence-electron chi connectivity index (χ3n) is 6.18. The van der Waals surface area contributed by atoms with E-state index in [1.807, 2.05) is 0 Å². The van der Waals surface area contributed by atoms with Crippen LogP contribution in [-0.2, 0) is 10.0 Å². The first-order valence-electron chi connectivity index (χ1n) is 11.7. The molecule has 2 aliphatic rings. The minimum Gasteiger partial charge on any atom is -0.490 e. The van der Waals surface area contributed by atoms with E-state index in [9.17, 15) is 13.2 Å². The van der Waals surface area contributed by atoms with Crippen molar-refractivity contribution >= 4 is 27.5 Å². The van der Waals surface area contributed by atoms with Crippen molar-refractivity contribution in [3.05, 3.63) is 59.1 Å². The van der Waals surface area contributed by atoms with Gasteiger partial charge in [0.15, 0.2) is 0 Å². The summed E-state index contributed by atoms with van der Waals surface area (Å²) in [5, 5.41) is 6.71. The first kappa shape index (κ1) is 24.9. The summed E-state index contributed by atoms with van der Waals surface area (Å²) in [4.78, 5) is 14.7. The van der Waals surface area contributed by atoms with E-state index >= 15 is 0 Å². The topological polar surface area (TPSA) is 91.0 Å². The van der Waals surface area contributed by atoms with Gasteiger partial charge in [0.2, 0.25) is 10.0 Å². The van der Waals surface area contributed by atoms with E-state index in [2.05, 4.69) is 15.5 Å². The largest absolute Gasteiger partial charge is 0.490 e. The average Bonchev–Trinajstić information content (AvgIpc) is 2.85. The third-order valence-corrected chi connectivity index (χ3v) is 8.33. The fraction of sp³-hybridized carbons (Fsp3) is 0.458. The van der Waals surface area contributed by atoms with Gasteiger partial charge in [-0.05, 0) is 68.4 Å². The highest BCUT2D eigenvalue weighted by atomic mass is 35.5. The number of ether oxygens (including phenoxy) is 1. The summed E-state index contributed by atoms with van der Waals surface area (Å²) in [7, 11) is -3.55. The Labute approximate surface area is 206 Å². The number of rotatable bonds is 8. The maximum atomic E-state index is 13.1. The minimum absolute atomic E-state index is 0.170. The zero-order valence-electron chi connectivity index (χ0n) is 19.1. The van der Waals surface area contributed by atoms with Gasteiger partial charge in [-0.2, -0.15) is 4.31 Å². The van der Waals surface area contributed by atoms with E-state index in [1.54, 1.807) is 48.5 Å². The number of piperidine rings is 1. The molecular weight excluding hydrogens is 476 g/mol. The van der Waals surface area contributed by atoms with E-state index in [4.69, 9.17) is 16.3 Å². The van der Waals surface area contributed by atoms with Crippen LogP contribution in [0, 0.1) is 0 Å². The summed E-state index contributed by atoms with van der Waals surface area (Å²) in [6.07, 6.45) is 2.08. The number of amides is 1. The molecule has 2 N–H and O–H groups in total. The van der Waals surface area contributed by atoms with Crippen molar-refractivity contribution < 1.29 is 17.9 Å². The summed E-state index contributed by atoms with van der Waals surface area (Å²) >= 11 is 5.94. The van der Waals surface area contributed by atoms with Gasteiger partial charge in [0.05, 0.1) is 4.90 Å². The van der Waals surface area contributed by atoms with Crippen molar-refractivity contribution in [1.82, 2.24) is 19.8 Å². The molecular formula is C24H31ClN4O4S. The number of sulfonamides is 1. The molecule has 184 valence electrons. The lowest BCUT2D eigenvalue weighted by Gasteiger charge is -2.34. The smallest absolute Gasteiger partial charge is 0.251 e. The first-order chi connectivity index (χ1) is 16.4. The normalized spacial score (nSPS) is 18.5. The number of carbonyl (C=O) groups excluding carboxylic acids is 1. The molecule has 0 aliphatic carbocycles. The van der Waals surface area contributed by atoms with Gasteiger partial charge in [-0.15, -0.1) is 0 Å². The molecule has 10 heteroatoms. The monoisotopic (exact) mass is 506 g/mol. The number of hydrogen-bond acceptors (Lipinski definition) is 6. The lowest BCUT2D eigenvalue weighted by Crippen LogP contribution is -2.50. The molecule has 0 bridgehead atoms. The fourth-order valence-corrected chi connectivity index (χ4v) is 5.81. The molecule has 2 aromatic rings. The van der Waals surface area contributed by atoms with Crippen LogP contribution < -0.4 is 15.4 Å². The van der Waals surface area contributed by atoms with Crippen molar-refractivity contribution in [1.29, 1.82) is 0 Å². The SMILES string of the molecule is O=C(NCCN1CCN(S(=O)(=O)c2ccc(OC3CCNCC3)cc2)CC1)c1cccc(Cl)c1. The second kappa shape index (κ2) is 11.5. The molecule has 0 aromatic heterocycles. The Bertz CT molecular complexity index is 1070. The molecule has 2 saturated heterocycles. The molecule has 34 heavy (non-hydrogen) atoms.